The Morgan fingerprint density at radius 3 is 2.93 bits per heavy atom. The molecule has 1 heterocycles. The molecule has 0 spiro atoms. The van der Waals surface area contributed by atoms with Crippen LogP contribution in [0.25, 0.3) is 0 Å². The van der Waals surface area contributed by atoms with Gasteiger partial charge in [0.05, 0.1) is 12.6 Å². The van der Waals surface area contributed by atoms with Crippen molar-refractivity contribution >= 4 is 17.5 Å². The van der Waals surface area contributed by atoms with E-state index in [2.05, 4.69) is 0 Å². The normalized spacial score (nSPS) is 24.8. The molecular formula is C10H18ClNO2. The van der Waals surface area contributed by atoms with Crippen LogP contribution in [0.5, 0.6) is 0 Å². The van der Waals surface area contributed by atoms with Gasteiger partial charge in [0.25, 0.3) is 0 Å². The minimum absolute atomic E-state index is 0.0157. The maximum atomic E-state index is 11.8. The monoisotopic (exact) mass is 219 g/mol. The molecule has 0 aromatic carbocycles. The number of aliphatic hydroxyl groups excluding tert-OH is 1. The molecule has 0 bridgehead atoms. The molecular weight excluding hydrogens is 202 g/mol. The molecule has 4 heteroatoms. The van der Waals surface area contributed by atoms with Crippen molar-refractivity contribution in [1.82, 2.24) is 4.90 Å². The summed E-state index contributed by atoms with van der Waals surface area (Å²) in [5.41, 5.74) is 0. The van der Waals surface area contributed by atoms with Crippen LogP contribution in [-0.2, 0) is 4.79 Å². The predicted octanol–water partition coefficient (Wildman–Crippen LogP) is 1.23. The standard InChI is InChI=1S/C10H18ClNO2/c1-8(6-11)10(14)12-5-3-2-4-9(12)7-13/h8-9,13H,2-7H2,1H3. The number of halogens is 1. The highest BCUT2D eigenvalue weighted by Gasteiger charge is 2.28. The number of piperidine rings is 1. The van der Waals surface area contributed by atoms with Crippen LogP contribution in [0.3, 0.4) is 0 Å². The van der Waals surface area contributed by atoms with E-state index in [1.54, 1.807) is 4.90 Å². The molecule has 3 nitrogen and oxygen atoms in total. The molecule has 0 radical (unpaired) electrons. The number of nitrogens with zero attached hydrogens (tertiary/aromatic N) is 1. The van der Waals surface area contributed by atoms with Gasteiger partial charge in [-0.25, -0.2) is 0 Å². The summed E-state index contributed by atoms with van der Waals surface area (Å²) in [6.45, 7) is 2.67. The number of carbonyl (C=O) groups is 1. The molecule has 1 amide bonds. The summed E-state index contributed by atoms with van der Waals surface area (Å²) in [5, 5.41) is 9.14. The molecule has 82 valence electrons. The zero-order chi connectivity index (χ0) is 10.6. The topological polar surface area (TPSA) is 40.5 Å². The van der Waals surface area contributed by atoms with Crippen LogP contribution in [0.15, 0.2) is 0 Å². The first-order chi connectivity index (χ1) is 6.70. The van der Waals surface area contributed by atoms with Gasteiger partial charge in [0.1, 0.15) is 0 Å². The lowest BCUT2D eigenvalue weighted by molar-refractivity contribution is -0.139. The Labute approximate surface area is 90.0 Å². The smallest absolute Gasteiger partial charge is 0.226 e. The van der Waals surface area contributed by atoms with Crippen molar-refractivity contribution in [2.75, 3.05) is 19.0 Å². The molecule has 0 aromatic heterocycles. The Hall–Kier alpha value is -0.280. The number of hydrogen-bond acceptors (Lipinski definition) is 2. The lowest BCUT2D eigenvalue weighted by atomic mass is 10.0. The average Bonchev–Trinajstić information content (AvgIpc) is 2.26. The maximum absolute atomic E-state index is 11.8. The molecule has 1 aliphatic heterocycles. The van der Waals surface area contributed by atoms with Gasteiger partial charge in [-0.1, -0.05) is 6.92 Å². The van der Waals surface area contributed by atoms with Crippen LogP contribution in [0.2, 0.25) is 0 Å². The van der Waals surface area contributed by atoms with Crippen molar-refractivity contribution in [3.63, 3.8) is 0 Å². The average molecular weight is 220 g/mol. The first kappa shape index (κ1) is 11.8. The molecule has 2 atom stereocenters. The molecule has 0 aromatic rings. The number of hydrogen-bond donors (Lipinski definition) is 1. The van der Waals surface area contributed by atoms with Crippen molar-refractivity contribution in [3.8, 4) is 0 Å². The van der Waals surface area contributed by atoms with Crippen molar-refractivity contribution < 1.29 is 9.90 Å². The van der Waals surface area contributed by atoms with Gasteiger partial charge in [-0.15, -0.1) is 11.6 Å². The first-order valence-corrected chi connectivity index (χ1v) is 5.71. The molecule has 1 rings (SSSR count). The van der Waals surface area contributed by atoms with Gasteiger partial charge in [-0.2, -0.15) is 0 Å². The van der Waals surface area contributed by atoms with Crippen molar-refractivity contribution in [2.45, 2.75) is 32.2 Å². The van der Waals surface area contributed by atoms with Gasteiger partial charge >= 0.3 is 0 Å². The second-order valence-corrected chi connectivity index (χ2v) is 4.23. The molecule has 0 aliphatic carbocycles. The van der Waals surface area contributed by atoms with Gasteiger partial charge in [0.2, 0.25) is 5.91 Å². The maximum Gasteiger partial charge on any atom is 0.226 e. The Bertz CT molecular complexity index is 199. The number of carbonyl (C=O) groups excluding carboxylic acids is 1. The molecule has 0 saturated carbocycles. The number of rotatable bonds is 3. The van der Waals surface area contributed by atoms with Crippen molar-refractivity contribution in [3.05, 3.63) is 0 Å². The van der Waals surface area contributed by atoms with E-state index in [-0.39, 0.29) is 24.5 Å². The summed E-state index contributed by atoms with van der Waals surface area (Å²) < 4.78 is 0. The van der Waals surface area contributed by atoms with E-state index >= 15 is 0 Å². The van der Waals surface area contributed by atoms with E-state index in [1.807, 2.05) is 6.92 Å². The number of likely N-dealkylation sites (tertiary alicyclic amines) is 1. The molecule has 2 unspecified atom stereocenters. The Balaban J connectivity index is 2.58. The quantitative estimate of drug-likeness (QED) is 0.726. The third-order valence-electron chi connectivity index (χ3n) is 2.77. The SMILES string of the molecule is CC(CCl)C(=O)N1CCCCC1CO. The van der Waals surface area contributed by atoms with E-state index in [0.717, 1.165) is 25.8 Å². The predicted molar refractivity (Wildman–Crippen MR) is 56.3 cm³/mol. The van der Waals surface area contributed by atoms with Crippen molar-refractivity contribution in [1.29, 1.82) is 0 Å². The minimum atomic E-state index is -0.135. The number of alkyl halides is 1. The second kappa shape index (κ2) is 5.56. The fourth-order valence-electron chi connectivity index (χ4n) is 1.83. The summed E-state index contributed by atoms with van der Waals surface area (Å²) in [6.07, 6.45) is 3.05. The van der Waals surface area contributed by atoms with E-state index in [9.17, 15) is 4.79 Å². The highest BCUT2D eigenvalue weighted by atomic mass is 35.5. The molecule has 1 aliphatic rings. The largest absolute Gasteiger partial charge is 0.394 e. The first-order valence-electron chi connectivity index (χ1n) is 5.18. The van der Waals surface area contributed by atoms with Gasteiger partial charge in [-0.3, -0.25) is 4.79 Å². The third kappa shape index (κ3) is 2.61. The molecule has 14 heavy (non-hydrogen) atoms. The lowest BCUT2D eigenvalue weighted by Gasteiger charge is -2.36. The summed E-state index contributed by atoms with van der Waals surface area (Å²) in [6, 6.07) is 0.0157. The van der Waals surface area contributed by atoms with Crippen LogP contribution in [0.4, 0.5) is 0 Å². The Morgan fingerprint density at radius 2 is 2.36 bits per heavy atom. The van der Waals surface area contributed by atoms with Gasteiger partial charge in [-0.05, 0) is 19.3 Å². The summed E-state index contributed by atoms with van der Waals surface area (Å²) in [4.78, 5) is 13.6. The fourth-order valence-corrected chi connectivity index (χ4v) is 1.96. The number of amides is 1. The van der Waals surface area contributed by atoms with Gasteiger partial charge in [0, 0.05) is 18.3 Å². The van der Waals surface area contributed by atoms with E-state index in [4.69, 9.17) is 16.7 Å². The number of aliphatic hydroxyl groups is 1. The molecule has 1 N–H and O–H groups in total. The van der Waals surface area contributed by atoms with E-state index < -0.39 is 0 Å². The van der Waals surface area contributed by atoms with Crippen LogP contribution in [-0.4, -0.2) is 41.0 Å². The summed E-state index contributed by atoms with van der Waals surface area (Å²) in [5.74, 6) is 0.301. The van der Waals surface area contributed by atoms with Crippen LogP contribution in [0.1, 0.15) is 26.2 Å². The zero-order valence-corrected chi connectivity index (χ0v) is 9.33. The highest BCUT2D eigenvalue weighted by molar-refractivity contribution is 6.19. The van der Waals surface area contributed by atoms with Crippen LogP contribution in [0, 0.1) is 5.92 Å². The van der Waals surface area contributed by atoms with Crippen molar-refractivity contribution in [2.24, 2.45) is 5.92 Å². The van der Waals surface area contributed by atoms with Crippen LogP contribution >= 0.6 is 11.6 Å². The third-order valence-corrected chi connectivity index (χ3v) is 3.24. The van der Waals surface area contributed by atoms with Gasteiger partial charge < -0.3 is 10.0 Å². The summed E-state index contributed by atoms with van der Waals surface area (Å²) >= 11 is 5.65. The lowest BCUT2D eigenvalue weighted by Crippen LogP contribution is -2.47. The molecule has 1 fully saturated rings. The minimum Gasteiger partial charge on any atom is -0.394 e. The van der Waals surface area contributed by atoms with Crippen LogP contribution < -0.4 is 0 Å². The van der Waals surface area contributed by atoms with E-state index in [1.165, 1.54) is 0 Å². The zero-order valence-electron chi connectivity index (χ0n) is 8.58. The summed E-state index contributed by atoms with van der Waals surface area (Å²) in [7, 11) is 0. The van der Waals surface area contributed by atoms with Gasteiger partial charge in [0.15, 0.2) is 0 Å². The molecule has 1 saturated heterocycles. The fraction of sp³-hybridized carbons (Fsp3) is 0.900. The second-order valence-electron chi connectivity index (χ2n) is 3.92. The van der Waals surface area contributed by atoms with E-state index in [0.29, 0.717) is 5.88 Å². The Kier molecular flexibility index (Phi) is 4.69. The highest BCUT2D eigenvalue weighted by Crippen LogP contribution is 2.19. The Morgan fingerprint density at radius 1 is 1.64 bits per heavy atom.